The van der Waals surface area contributed by atoms with Gasteiger partial charge in [0.05, 0.1) is 0 Å². The van der Waals surface area contributed by atoms with E-state index in [2.05, 4.69) is 19.9 Å². The molecule has 24 heavy (non-hydrogen) atoms. The van der Waals surface area contributed by atoms with Crippen LogP contribution < -0.4 is 9.80 Å². The number of nitriles is 1. The number of nitrogens with zero attached hydrogens (tertiary/aromatic N) is 6. The molecule has 0 unspecified atom stereocenters. The van der Waals surface area contributed by atoms with Crippen molar-refractivity contribution in [2.24, 2.45) is 0 Å². The number of hydrogen-bond donors (Lipinski definition) is 0. The second-order valence-electron chi connectivity index (χ2n) is 5.24. The largest absolute Gasteiger partial charge is 0.433 e. The molecular weight excluding hydrogens is 321 g/mol. The Morgan fingerprint density at radius 1 is 1.00 bits per heavy atom. The van der Waals surface area contributed by atoms with Gasteiger partial charge >= 0.3 is 6.18 Å². The zero-order valence-electron chi connectivity index (χ0n) is 12.5. The molecule has 0 spiro atoms. The molecule has 3 rings (SSSR count). The molecule has 6 nitrogen and oxygen atoms in total. The van der Waals surface area contributed by atoms with Crippen molar-refractivity contribution in [3.63, 3.8) is 0 Å². The third-order valence-electron chi connectivity index (χ3n) is 3.77. The molecule has 2 aromatic rings. The summed E-state index contributed by atoms with van der Waals surface area (Å²) in [7, 11) is 0. The van der Waals surface area contributed by atoms with Gasteiger partial charge in [-0.05, 0) is 12.1 Å². The first-order chi connectivity index (χ1) is 11.5. The van der Waals surface area contributed by atoms with Gasteiger partial charge in [0.2, 0.25) is 0 Å². The average molecular weight is 334 g/mol. The molecule has 1 aliphatic rings. The van der Waals surface area contributed by atoms with E-state index in [0.717, 1.165) is 18.1 Å². The minimum atomic E-state index is -4.48. The maximum Gasteiger partial charge on any atom is 0.433 e. The Morgan fingerprint density at radius 3 is 2.38 bits per heavy atom. The van der Waals surface area contributed by atoms with Gasteiger partial charge < -0.3 is 9.80 Å². The Morgan fingerprint density at radius 2 is 1.71 bits per heavy atom. The van der Waals surface area contributed by atoms with Crippen molar-refractivity contribution in [3.05, 3.63) is 42.1 Å². The maximum atomic E-state index is 12.7. The van der Waals surface area contributed by atoms with Crippen LogP contribution in [0.15, 0.2) is 30.7 Å². The summed E-state index contributed by atoms with van der Waals surface area (Å²) in [5.41, 5.74) is 0.267. The van der Waals surface area contributed by atoms with E-state index in [1.165, 1.54) is 0 Å². The van der Waals surface area contributed by atoms with Crippen LogP contribution in [0.2, 0.25) is 0 Å². The van der Waals surface area contributed by atoms with Gasteiger partial charge in [-0.1, -0.05) is 0 Å². The van der Waals surface area contributed by atoms with Crippen molar-refractivity contribution < 1.29 is 13.2 Å². The molecule has 0 aliphatic carbocycles. The molecule has 3 heterocycles. The predicted octanol–water partition coefficient (Wildman–Crippen LogP) is 2.09. The van der Waals surface area contributed by atoms with Gasteiger partial charge in [0, 0.05) is 44.1 Å². The first kappa shape index (κ1) is 16.0. The fourth-order valence-electron chi connectivity index (χ4n) is 2.55. The van der Waals surface area contributed by atoms with E-state index in [1.807, 2.05) is 12.1 Å². The summed E-state index contributed by atoms with van der Waals surface area (Å²) in [6, 6.07) is 6.46. The topological polar surface area (TPSA) is 68.9 Å². The molecule has 0 amide bonds. The molecule has 0 N–H and O–H groups in total. The lowest BCUT2D eigenvalue weighted by molar-refractivity contribution is -0.141. The third kappa shape index (κ3) is 3.37. The van der Waals surface area contributed by atoms with Gasteiger partial charge in [-0.15, -0.1) is 0 Å². The van der Waals surface area contributed by atoms with Crippen molar-refractivity contribution in [1.82, 2.24) is 15.0 Å². The van der Waals surface area contributed by atoms with Crippen LogP contribution in [0, 0.1) is 11.3 Å². The number of rotatable bonds is 2. The number of anilines is 2. The summed E-state index contributed by atoms with van der Waals surface area (Å²) in [4.78, 5) is 15.0. The molecule has 124 valence electrons. The molecule has 9 heteroatoms. The second kappa shape index (κ2) is 6.31. The molecule has 0 atom stereocenters. The van der Waals surface area contributed by atoms with Crippen LogP contribution in [0.3, 0.4) is 0 Å². The fourth-order valence-corrected chi connectivity index (χ4v) is 2.55. The summed E-state index contributed by atoms with van der Waals surface area (Å²) in [6.07, 6.45) is -1.98. The average Bonchev–Trinajstić information content (AvgIpc) is 2.61. The van der Waals surface area contributed by atoms with Gasteiger partial charge in [-0.3, -0.25) is 0 Å². The smallest absolute Gasteiger partial charge is 0.368 e. The van der Waals surface area contributed by atoms with Crippen molar-refractivity contribution in [1.29, 1.82) is 5.26 Å². The van der Waals surface area contributed by atoms with Crippen LogP contribution in [-0.2, 0) is 6.18 Å². The van der Waals surface area contributed by atoms with Gasteiger partial charge in [-0.2, -0.15) is 18.4 Å². The Bertz CT molecular complexity index is 762. The van der Waals surface area contributed by atoms with Crippen LogP contribution >= 0.6 is 0 Å². The highest BCUT2D eigenvalue weighted by atomic mass is 19.4. The quantitative estimate of drug-likeness (QED) is 0.838. The van der Waals surface area contributed by atoms with E-state index in [4.69, 9.17) is 5.26 Å². The summed E-state index contributed by atoms with van der Waals surface area (Å²) < 4.78 is 38.2. The Labute approximate surface area is 136 Å². The zero-order valence-corrected chi connectivity index (χ0v) is 12.5. The molecule has 1 aliphatic heterocycles. The number of alkyl halides is 3. The number of aromatic nitrogens is 3. The van der Waals surface area contributed by atoms with Crippen LogP contribution in [0.1, 0.15) is 11.4 Å². The molecule has 2 aromatic heterocycles. The first-order valence-electron chi connectivity index (χ1n) is 7.22. The van der Waals surface area contributed by atoms with Crippen LogP contribution in [-0.4, -0.2) is 41.1 Å². The van der Waals surface area contributed by atoms with Gasteiger partial charge in [0.15, 0.2) is 0 Å². The van der Waals surface area contributed by atoms with E-state index in [1.54, 1.807) is 17.2 Å². The lowest BCUT2D eigenvalue weighted by atomic mass is 10.2. The molecule has 0 radical (unpaired) electrons. The highest BCUT2D eigenvalue weighted by Gasteiger charge is 2.33. The van der Waals surface area contributed by atoms with Crippen LogP contribution in [0.25, 0.3) is 0 Å². The van der Waals surface area contributed by atoms with Gasteiger partial charge in [0.1, 0.15) is 29.6 Å². The minimum absolute atomic E-state index is 0.268. The Balaban J connectivity index is 1.70. The number of pyridine rings is 1. The molecule has 0 bridgehead atoms. The number of hydrogen-bond acceptors (Lipinski definition) is 6. The number of halogens is 3. The van der Waals surface area contributed by atoms with Crippen molar-refractivity contribution >= 4 is 11.5 Å². The fraction of sp³-hybridized carbons (Fsp3) is 0.333. The highest BCUT2D eigenvalue weighted by molar-refractivity contribution is 5.51. The van der Waals surface area contributed by atoms with Crippen molar-refractivity contribution in [3.8, 4) is 6.07 Å². The van der Waals surface area contributed by atoms with Crippen LogP contribution in [0.5, 0.6) is 0 Å². The normalized spacial score (nSPS) is 15.2. The molecule has 1 fully saturated rings. The SMILES string of the molecule is N#Cc1cc(N2CCN(c3cc(C(F)(F)F)ncn3)CC2)ccn1. The minimum Gasteiger partial charge on any atom is -0.368 e. The molecular formula is C15H13F3N6. The predicted molar refractivity (Wildman–Crippen MR) is 80.4 cm³/mol. The van der Waals surface area contributed by atoms with Crippen molar-refractivity contribution in [2.75, 3.05) is 36.0 Å². The van der Waals surface area contributed by atoms with E-state index in [-0.39, 0.29) is 5.82 Å². The Kier molecular flexibility index (Phi) is 4.20. The summed E-state index contributed by atoms with van der Waals surface area (Å²) in [5, 5.41) is 8.90. The summed E-state index contributed by atoms with van der Waals surface area (Å²) in [5.74, 6) is 0.268. The van der Waals surface area contributed by atoms with E-state index >= 15 is 0 Å². The van der Waals surface area contributed by atoms with Crippen LogP contribution in [0.4, 0.5) is 24.7 Å². The van der Waals surface area contributed by atoms with Gasteiger partial charge in [-0.25, -0.2) is 15.0 Å². The molecule has 0 saturated carbocycles. The molecule has 1 saturated heterocycles. The van der Waals surface area contributed by atoms with Crippen molar-refractivity contribution in [2.45, 2.75) is 6.18 Å². The third-order valence-corrected chi connectivity index (χ3v) is 3.77. The highest BCUT2D eigenvalue weighted by Crippen LogP contribution is 2.29. The number of piperazine rings is 1. The lowest BCUT2D eigenvalue weighted by Crippen LogP contribution is -2.47. The monoisotopic (exact) mass is 334 g/mol. The maximum absolute atomic E-state index is 12.7. The van der Waals surface area contributed by atoms with E-state index in [9.17, 15) is 13.2 Å². The summed E-state index contributed by atoms with van der Waals surface area (Å²) in [6.45, 7) is 2.28. The second-order valence-corrected chi connectivity index (χ2v) is 5.24. The Hall–Kier alpha value is -2.89. The zero-order chi connectivity index (χ0) is 17.2. The lowest BCUT2D eigenvalue weighted by Gasteiger charge is -2.36. The van der Waals surface area contributed by atoms with E-state index in [0.29, 0.717) is 31.9 Å². The first-order valence-corrected chi connectivity index (χ1v) is 7.22. The standard InChI is InChI=1S/C15H13F3N6/c16-15(17,18)13-8-14(22-10-21-13)24-5-3-23(4-6-24)12-1-2-20-11(7-12)9-19/h1-2,7-8,10H,3-6H2. The van der Waals surface area contributed by atoms with E-state index < -0.39 is 11.9 Å². The van der Waals surface area contributed by atoms with Gasteiger partial charge in [0.25, 0.3) is 0 Å². The summed E-state index contributed by atoms with van der Waals surface area (Å²) >= 11 is 0. The molecule has 0 aromatic carbocycles.